The van der Waals surface area contributed by atoms with Crippen LogP contribution in [0.5, 0.6) is 11.5 Å². The molecule has 0 spiro atoms. The Kier molecular flexibility index (Phi) is 6.93. The van der Waals surface area contributed by atoms with E-state index in [2.05, 4.69) is 5.32 Å². The first kappa shape index (κ1) is 22.8. The van der Waals surface area contributed by atoms with Crippen molar-refractivity contribution >= 4 is 21.6 Å². The fourth-order valence-electron chi connectivity index (χ4n) is 3.42. The number of amides is 1. The van der Waals surface area contributed by atoms with E-state index in [1.165, 1.54) is 22.5 Å². The number of carbonyl (C=O) groups is 1. The second-order valence-electron chi connectivity index (χ2n) is 7.42. The predicted octanol–water partition coefficient (Wildman–Crippen LogP) is 3.24. The molecular formula is C24H24N2O6S. The molecule has 0 atom stereocenters. The van der Waals surface area contributed by atoms with Crippen LogP contribution in [0, 0.1) is 0 Å². The maximum atomic E-state index is 13.0. The summed E-state index contributed by atoms with van der Waals surface area (Å²) in [6, 6.07) is 20.1. The molecule has 0 saturated carbocycles. The number of aromatic hydroxyl groups is 1. The minimum Gasteiger partial charge on any atom is -0.506 e. The highest BCUT2D eigenvalue weighted by Crippen LogP contribution is 2.30. The van der Waals surface area contributed by atoms with Gasteiger partial charge in [0.05, 0.1) is 29.4 Å². The van der Waals surface area contributed by atoms with E-state index in [0.717, 1.165) is 5.56 Å². The van der Waals surface area contributed by atoms with E-state index in [1.54, 1.807) is 24.3 Å². The van der Waals surface area contributed by atoms with Crippen molar-refractivity contribution in [3.05, 3.63) is 83.9 Å². The SMILES string of the molecule is O=C(Nc1cc(S(=O)(=O)N2CCOCC2)ccc1O)c1ccccc1OCc1ccccc1. The maximum Gasteiger partial charge on any atom is 0.259 e. The van der Waals surface area contributed by atoms with Crippen molar-refractivity contribution in [2.45, 2.75) is 11.5 Å². The standard InChI is InChI=1S/C24H24N2O6S/c27-22-11-10-19(33(29,30)26-12-14-31-15-13-26)16-21(22)25-24(28)20-8-4-5-9-23(20)32-17-18-6-2-1-3-7-18/h1-11,16,27H,12-15,17H2,(H,25,28). The second-order valence-corrected chi connectivity index (χ2v) is 9.36. The molecule has 172 valence electrons. The third-order valence-electron chi connectivity index (χ3n) is 5.19. The highest BCUT2D eigenvalue weighted by Gasteiger charge is 2.27. The van der Waals surface area contributed by atoms with Crippen molar-refractivity contribution in [1.29, 1.82) is 0 Å². The Hall–Kier alpha value is -3.40. The number of carbonyl (C=O) groups excluding carboxylic acids is 1. The molecule has 1 heterocycles. The second kappa shape index (κ2) is 10.0. The highest BCUT2D eigenvalue weighted by molar-refractivity contribution is 7.89. The number of para-hydroxylation sites is 1. The smallest absolute Gasteiger partial charge is 0.259 e. The highest BCUT2D eigenvalue weighted by atomic mass is 32.2. The van der Waals surface area contributed by atoms with E-state index in [1.807, 2.05) is 30.3 Å². The molecule has 8 nitrogen and oxygen atoms in total. The molecule has 3 aromatic carbocycles. The minimum atomic E-state index is -3.78. The zero-order valence-electron chi connectivity index (χ0n) is 17.8. The van der Waals surface area contributed by atoms with Crippen LogP contribution in [0.15, 0.2) is 77.7 Å². The Morgan fingerprint density at radius 3 is 2.45 bits per heavy atom. The molecule has 1 fully saturated rings. The van der Waals surface area contributed by atoms with Crippen LogP contribution in [0.2, 0.25) is 0 Å². The number of nitrogens with one attached hydrogen (secondary N) is 1. The number of morpholine rings is 1. The van der Waals surface area contributed by atoms with E-state index in [-0.39, 0.29) is 41.6 Å². The number of hydrogen-bond acceptors (Lipinski definition) is 6. The molecule has 0 aromatic heterocycles. The summed E-state index contributed by atoms with van der Waals surface area (Å²) in [5, 5.41) is 12.9. The molecule has 1 aliphatic heterocycles. The topological polar surface area (TPSA) is 105 Å². The van der Waals surface area contributed by atoms with Crippen LogP contribution in [-0.2, 0) is 21.4 Å². The van der Waals surface area contributed by atoms with E-state index in [4.69, 9.17) is 9.47 Å². The molecule has 0 bridgehead atoms. The molecule has 0 unspecified atom stereocenters. The van der Waals surface area contributed by atoms with Crippen LogP contribution in [0.1, 0.15) is 15.9 Å². The zero-order chi connectivity index (χ0) is 23.3. The van der Waals surface area contributed by atoms with Gasteiger partial charge in [0.15, 0.2) is 0 Å². The van der Waals surface area contributed by atoms with E-state index < -0.39 is 15.9 Å². The maximum absolute atomic E-state index is 13.0. The van der Waals surface area contributed by atoms with Crippen LogP contribution < -0.4 is 10.1 Å². The molecular weight excluding hydrogens is 444 g/mol. The summed E-state index contributed by atoms with van der Waals surface area (Å²) in [4.78, 5) is 13.0. The van der Waals surface area contributed by atoms with Crippen LogP contribution >= 0.6 is 0 Å². The van der Waals surface area contributed by atoms with Gasteiger partial charge >= 0.3 is 0 Å². The molecule has 1 amide bonds. The van der Waals surface area contributed by atoms with Crippen molar-refractivity contribution < 1.29 is 27.8 Å². The first-order valence-corrected chi connectivity index (χ1v) is 11.9. The predicted molar refractivity (Wildman–Crippen MR) is 123 cm³/mol. The van der Waals surface area contributed by atoms with Crippen LogP contribution in [-0.4, -0.2) is 50.0 Å². The Morgan fingerprint density at radius 2 is 1.70 bits per heavy atom. The van der Waals surface area contributed by atoms with E-state index in [0.29, 0.717) is 19.0 Å². The van der Waals surface area contributed by atoms with Gasteiger partial charge < -0.3 is 19.9 Å². The number of anilines is 1. The first-order chi connectivity index (χ1) is 15.9. The number of sulfonamides is 1. The Bertz CT molecular complexity index is 1220. The Balaban J connectivity index is 1.54. The average Bonchev–Trinajstić information content (AvgIpc) is 2.85. The van der Waals surface area contributed by atoms with Gasteiger partial charge in [-0.2, -0.15) is 4.31 Å². The van der Waals surface area contributed by atoms with Crippen molar-refractivity contribution in [2.75, 3.05) is 31.6 Å². The van der Waals surface area contributed by atoms with E-state index >= 15 is 0 Å². The molecule has 2 N–H and O–H groups in total. The number of phenolic OH excluding ortho intramolecular Hbond substituents is 1. The van der Waals surface area contributed by atoms with Crippen molar-refractivity contribution in [3.63, 3.8) is 0 Å². The lowest BCUT2D eigenvalue weighted by atomic mass is 10.1. The fraction of sp³-hybridized carbons (Fsp3) is 0.208. The van der Waals surface area contributed by atoms with Gasteiger partial charge in [-0.05, 0) is 35.9 Å². The fourth-order valence-corrected chi connectivity index (χ4v) is 4.85. The Morgan fingerprint density at radius 1 is 1.00 bits per heavy atom. The molecule has 1 saturated heterocycles. The molecule has 1 aliphatic rings. The summed E-state index contributed by atoms with van der Waals surface area (Å²) in [6.45, 7) is 1.42. The number of benzene rings is 3. The van der Waals surface area contributed by atoms with Gasteiger partial charge in [0, 0.05) is 13.1 Å². The van der Waals surface area contributed by atoms with E-state index in [9.17, 15) is 18.3 Å². The third kappa shape index (κ3) is 5.33. The largest absolute Gasteiger partial charge is 0.506 e. The summed E-state index contributed by atoms with van der Waals surface area (Å²) < 4.78 is 38.2. The van der Waals surface area contributed by atoms with Crippen molar-refractivity contribution in [2.24, 2.45) is 0 Å². The summed E-state index contributed by atoms with van der Waals surface area (Å²) in [7, 11) is -3.78. The van der Waals surface area contributed by atoms with Crippen LogP contribution in [0.4, 0.5) is 5.69 Å². The number of rotatable bonds is 7. The van der Waals surface area contributed by atoms with Gasteiger partial charge in [0.25, 0.3) is 5.91 Å². The van der Waals surface area contributed by atoms with Gasteiger partial charge in [-0.1, -0.05) is 42.5 Å². The zero-order valence-corrected chi connectivity index (χ0v) is 18.6. The molecule has 3 aromatic rings. The minimum absolute atomic E-state index is 0.00723. The molecule has 33 heavy (non-hydrogen) atoms. The normalized spacial score (nSPS) is 14.5. The van der Waals surface area contributed by atoms with Gasteiger partial charge in [-0.25, -0.2) is 8.42 Å². The summed E-state index contributed by atoms with van der Waals surface area (Å²) in [6.07, 6.45) is 0. The number of hydrogen-bond donors (Lipinski definition) is 2. The first-order valence-electron chi connectivity index (χ1n) is 10.4. The lowest BCUT2D eigenvalue weighted by molar-refractivity contribution is 0.0730. The number of phenols is 1. The summed E-state index contributed by atoms with van der Waals surface area (Å²) in [5.74, 6) is -0.405. The molecule has 0 aliphatic carbocycles. The Labute approximate surface area is 192 Å². The number of nitrogens with zero attached hydrogens (tertiary/aromatic N) is 1. The van der Waals surface area contributed by atoms with Crippen LogP contribution in [0.25, 0.3) is 0 Å². The van der Waals surface area contributed by atoms with Crippen molar-refractivity contribution in [3.8, 4) is 11.5 Å². The lowest BCUT2D eigenvalue weighted by Gasteiger charge is -2.26. The van der Waals surface area contributed by atoms with Crippen LogP contribution in [0.3, 0.4) is 0 Å². The molecule has 4 rings (SSSR count). The summed E-state index contributed by atoms with van der Waals surface area (Å²) >= 11 is 0. The summed E-state index contributed by atoms with van der Waals surface area (Å²) in [5.41, 5.74) is 1.20. The monoisotopic (exact) mass is 468 g/mol. The van der Waals surface area contributed by atoms with Crippen molar-refractivity contribution in [1.82, 2.24) is 4.31 Å². The molecule has 0 radical (unpaired) electrons. The van der Waals surface area contributed by atoms with Gasteiger partial charge in [-0.3, -0.25) is 4.79 Å². The average molecular weight is 469 g/mol. The number of ether oxygens (including phenoxy) is 2. The lowest BCUT2D eigenvalue weighted by Crippen LogP contribution is -2.40. The third-order valence-corrected chi connectivity index (χ3v) is 7.09. The van der Waals surface area contributed by atoms with Gasteiger partial charge in [0.1, 0.15) is 18.1 Å². The van der Waals surface area contributed by atoms with Gasteiger partial charge in [0.2, 0.25) is 10.0 Å². The quantitative estimate of drug-likeness (QED) is 0.516. The molecule has 9 heteroatoms. The van der Waals surface area contributed by atoms with Gasteiger partial charge in [-0.15, -0.1) is 0 Å².